The second kappa shape index (κ2) is 12.9. The van der Waals surface area contributed by atoms with Gasteiger partial charge in [-0.3, -0.25) is 9.59 Å². The Hall–Kier alpha value is -0.766. The van der Waals surface area contributed by atoms with E-state index in [9.17, 15) is 14.7 Å². The molecule has 36 heavy (non-hydrogen) atoms. The molecular weight excluding hydrogens is 484 g/mol. The average Bonchev–Trinajstić information content (AvgIpc) is 2.68. The first-order chi connectivity index (χ1) is 15.9. The number of ketones is 1. The van der Waals surface area contributed by atoms with Crippen molar-refractivity contribution in [1.82, 2.24) is 0 Å². The maximum atomic E-state index is 14.2. The van der Waals surface area contributed by atoms with Gasteiger partial charge < -0.3 is 14.0 Å². The van der Waals surface area contributed by atoms with Gasteiger partial charge in [0.15, 0.2) is 16.6 Å². The van der Waals surface area contributed by atoms with E-state index in [1.165, 1.54) is 0 Å². The molecule has 0 fully saturated rings. The zero-order valence-corrected chi connectivity index (χ0v) is 28.0. The zero-order chi connectivity index (χ0) is 28.9. The molecule has 0 aromatic heterocycles. The summed E-state index contributed by atoms with van der Waals surface area (Å²) in [6.07, 6.45) is 3.69. The number of carboxylic acids is 1. The van der Waals surface area contributed by atoms with E-state index in [-0.39, 0.29) is 40.2 Å². The topological polar surface area (TPSA) is 72.8 Å². The highest BCUT2D eigenvalue weighted by Gasteiger charge is 2.49. The second-order valence-electron chi connectivity index (χ2n) is 14.4. The number of allylic oxidation sites excluding steroid dienone is 1. The molecule has 0 aromatic rings. The van der Waals surface area contributed by atoms with Crippen LogP contribution < -0.4 is 0 Å². The van der Waals surface area contributed by atoms with Crippen LogP contribution in [0.3, 0.4) is 0 Å². The summed E-state index contributed by atoms with van der Waals surface area (Å²) in [4.78, 5) is 26.1. The number of Topliss-reactive ketones (excluding diaryl/α,β-unsaturated/α-hetero) is 1. The Morgan fingerprint density at radius 3 is 1.72 bits per heavy atom. The Labute approximate surface area is 225 Å². The number of carbonyl (C=O) groups is 2. The lowest BCUT2D eigenvalue weighted by Gasteiger charge is -2.46. The smallest absolute Gasteiger partial charge is 0.305 e. The van der Waals surface area contributed by atoms with Gasteiger partial charge in [-0.1, -0.05) is 75.3 Å². The molecule has 0 radical (unpaired) electrons. The van der Waals surface area contributed by atoms with Gasteiger partial charge in [-0.15, -0.1) is 6.58 Å². The van der Waals surface area contributed by atoms with Gasteiger partial charge in [-0.2, -0.15) is 0 Å². The number of unbranched alkanes of at least 4 members (excludes halogenated alkanes) is 1. The van der Waals surface area contributed by atoms with Crippen LogP contribution in [0, 0.1) is 17.3 Å². The summed E-state index contributed by atoms with van der Waals surface area (Å²) in [7, 11) is -4.46. The molecule has 1 N–H and O–H groups in total. The molecule has 0 rings (SSSR count). The summed E-state index contributed by atoms with van der Waals surface area (Å²) >= 11 is 0. The molecule has 1 unspecified atom stereocenters. The van der Waals surface area contributed by atoms with Gasteiger partial charge >= 0.3 is 5.97 Å². The summed E-state index contributed by atoms with van der Waals surface area (Å²) in [6, 6.07) is 0. The van der Waals surface area contributed by atoms with Gasteiger partial charge in [0.05, 0.1) is 18.6 Å². The van der Waals surface area contributed by atoms with Crippen molar-refractivity contribution in [3.05, 3.63) is 12.7 Å². The lowest BCUT2D eigenvalue weighted by atomic mass is 9.73. The van der Waals surface area contributed by atoms with Gasteiger partial charge in [0, 0.05) is 11.3 Å². The monoisotopic (exact) mass is 542 g/mol. The highest BCUT2D eigenvalue weighted by atomic mass is 28.4. The SMILES string of the molecule is C=CCCC[C@H](C)[C@H](O[Si](C)(C)C(C)(C)C)[C@@H](C)C(=O)C(C)(C)C(CC(=O)O)O[Si](C)(C)C(C)(C)C. The number of carbonyl (C=O) groups excluding carboxylic acids is 1. The number of rotatable bonds is 15. The standard InChI is InChI=1S/C29H58O5Si2/c1-16-17-18-19-21(2)25(34-36(14,15)28(7,8)9)22(3)26(32)29(10,11)23(20-24(30)31)33-35(12,13)27(4,5)6/h16,21-23,25H,1,17-20H2,2-15H3,(H,30,31)/t21-,22+,23?,25-/m0/s1. The van der Waals surface area contributed by atoms with Crippen LogP contribution in [0.2, 0.25) is 36.3 Å². The fourth-order valence-corrected chi connectivity index (χ4v) is 6.92. The molecule has 0 aliphatic carbocycles. The Morgan fingerprint density at radius 1 is 0.889 bits per heavy atom. The fourth-order valence-electron chi connectivity index (χ4n) is 4.01. The molecular formula is C29H58O5Si2. The van der Waals surface area contributed by atoms with Crippen LogP contribution in [0.5, 0.6) is 0 Å². The fraction of sp³-hybridized carbons (Fsp3) is 0.862. The predicted octanol–water partition coefficient (Wildman–Crippen LogP) is 8.47. The third-order valence-corrected chi connectivity index (χ3v) is 17.8. The molecule has 0 aliphatic heterocycles. The highest BCUT2D eigenvalue weighted by molar-refractivity contribution is 6.74. The van der Waals surface area contributed by atoms with Gasteiger partial charge in [0.2, 0.25) is 0 Å². The summed E-state index contributed by atoms with van der Waals surface area (Å²) in [6.45, 7) is 33.4. The zero-order valence-electron chi connectivity index (χ0n) is 26.0. The van der Waals surface area contributed by atoms with Crippen LogP contribution in [0.15, 0.2) is 12.7 Å². The molecule has 0 saturated carbocycles. The largest absolute Gasteiger partial charge is 0.481 e. The summed E-state index contributed by atoms with van der Waals surface area (Å²) in [5.74, 6) is -1.12. The first-order valence-electron chi connectivity index (χ1n) is 13.6. The van der Waals surface area contributed by atoms with Crippen LogP contribution in [0.1, 0.15) is 94.9 Å². The van der Waals surface area contributed by atoms with Crippen molar-refractivity contribution in [2.75, 3.05) is 0 Å². The molecule has 0 bridgehead atoms. The van der Waals surface area contributed by atoms with Crippen molar-refractivity contribution in [3.8, 4) is 0 Å². The Kier molecular flexibility index (Phi) is 12.6. The quantitative estimate of drug-likeness (QED) is 0.128. The van der Waals surface area contributed by atoms with Crippen molar-refractivity contribution >= 4 is 28.4 Å². The van der Waals surface area contributed by atoms with Gasteiger partial charge in [0.25, 0.3) is 0 Å². The molecule has 0 saturated heterocycles. The Bertz CT molecular complexity index is 744. The van der Waals surface area contributed by atoms with Crippen LogP contribution in [0.4, 0.5) is 0 Å². The van der Waals surface area contributed by atoms with Crippen molar-refractivity contribution in [3.63, 3.8) is 0 Å². The number of aliphatic carboxylic acids is 1. The molecule has 5 nitrogen and oxygen atoms in total. The summed E-state index contributed by atoms with van der Waals surface area (Å²) in [5.41, 5.74) is -0.969. The van der Waals surface area contributed by atoms with Gasteiger partial charge in [-0.25, -0.2) is 0 Å². The normalized spacial score (nSPS) is 17.3. The van der Waals surface area contributed by atoms with E-state index in [0.717, 1.165) is 19.3 Å². The molecule has 7 heteroatoms. The van der Waals surface area contributed by atoms with E-state index < -0.39 is 34.1 Å². The van der Waals surface area contributed by atoms with Crippen LogP contribution in [-0.4, -0.2) is 45.7 Å². The Morgan fingerprint density at radius 2 is 1.33 bits per heavy atom. The van der Waals surface area contributed by atoms with E-state index in [1.54, 1.807) is 0 Å². The minimum Gasteiger partial charge on any atom is -0.481 e. The van der Waals surface area contributed by atoms with E-state index in [0.29, 0.717) is 0 Å². The number of carboxylic acid groups (broad SMARTS) is 1. The first kappa shape index (κ1) is 35.2. The molecule has 4 atom stereocenters. The minimum absolute atomic E-state index is 0.0155. The summed E-state index contributed by atoms with van der Waals surface area (Å²) in [5, 5.41) is 9.64. The maximum Gasteiger partial charge on any atom is 0.305 e. The van der Waals surface area contributed by atoms with Crippen molar-refractivity contribution in [2.45, 2.75) is 143 Å². The van der Waals surface area contributed by atoms with E-state index >= 15 is 0 Å². The molecule has 0 aliphatic rings. The van der Waals surface area contributed by atoms with E-state index in [1.807, 2.05) is 26.8 Å². The average molecular weight is 543 g/mol. The van der Waals surface area contributed by atoms with Crippen molar-refractivity contribution < 1.29 is 23.5 Å². The first-order valence-corrected chi connectivity index (χ1v) is 19.5. The van der Waals surface area contributed by atoms with Crippen LogP contribution >= 0.6 is 0 Å². The van der Waals surface area contributed by atoms with Crippen LogP contribution in [-0.2, 0) is 18.4 Å². The Balaban J connectivity index is 6.31. The third kappa shape index (κ3) is 9.52. The van der Waals surface area contributed by atoms with E-state index in [2.05, 4.69) is 81.2 Å². The molecule has 0 heterocycles. The minimum atomic E-state index is -2.31. The number of hydrogen-bond donors (Lipinski definition) is 1. The van der Waals surface area contributed by atoms with Gasteiger partial charge in [0.1, 0.15) is 5.78 Å². The molecule has 0 spiro atoms. The lowest BCUT2D eigenvalue weighted by Crippen LogP contribution is -2.54. The van der Waals surface area contributed by atoms with Crippen LogP contribution in [0.25, 0.3) is 0 Å². The summed E-state index contributed by atoms with van der Waals surface area (Å²) < 4.78 is 13.6. The third-order valence-electron chi connectivity index (χ3n) is 8.81. The van der Waals surface area contributed by atoms with Gasteiger partial charge in [-0.05, 0) is 61.4 Å². The van der Waals surface area contributed by atoms with Crippen molar-refractivity contribution in [2.24, 2.45) is 17.3 Å². The lowest BCUT2D eigenvalue weighted by molar-refractivity contribution is -0.146. The maximum absolute atomic E-state index is 14.2. The van der Waals surface area contributed by atoms with E-state index in [4.69, 9.17) is 8.85 Å². The predicted molar refractivity (Wildman–Crippen MR) is 158 cm³/mol. The van der Waals surface area contributed by atoms with Crippen molar-refractivity contribution in [1.29, 1.82) is 0 Å². The molecule has 212 valence electrons. The molecule has 0 aromatic carbocycles. The second-order valence-corrected chi connectivity index (χ2v) is 23.9. The number of hydrogen-bond acceptors (Lipinski definition) is 4. The molecule has 0 amide bonds. The highest BCUT2D eigenvalue weighted by Crippen LogP contribution is 2.44.